The lowest BCUT2D eigenvalue weighted by atomic mass is 9.93. The van der Waals surface area contributed by atoms with Crippen LogP contribution in [0.1, 0.15) is 62.2 Å². The first-order chi connectivity index (χ1) is 12.5. The zero-order valence-electron chi connectivity index (χ0n) is 15.3. The van der Waals surface area contributed by atoms with E-state index in [0.29, 0.717) is 29.9 Å². The van der Waals surface area contributed by atoms with Gasteiger partial charge in [-0.25, -0.2) is 4.98 Å². The minimum atomic E-state index is -0.543. The van der Waals surface area contributed by atoms with Crippen molar-refractivity contribution in [2.45, 2.75) is 76.2 Å². The standard InChI is InChI=1S/C18H29N5O3/c1-2-26-14-7-4-11(5-8-14)21-17-15(16(19)25)10-20-18(23-17)22-12-3-6-13(24)9-12/h10-14,24H,2-9H2,1H3,(H2,19,25)(H2,20,21,22,23)/t11?,12-,13-,14?/m0/s1. The first-order valence-corrected chi connectivity index (χ1v) is 9.54. The van der Waals surface area contributed by atoms with Gasteiger partial charge in [-0.1, -0.05) is 0 Å². The Kier molecular flexibility index (Phi) is 6.26. The minimum Gasteiger partial charge on any atom is -0.393 e. The van der Waals surface area contributed by atoms with Crippen LogP contribution >= 0.6 is 0 Å². The van der Waals surface area contributed by atoms with E-state index in [9.17, 15) is 9.90 Å². The molecule has 0 unspecified atom stereocenters. The second-order valence-corrected chi connectivity index (χ2v) is 7.20. The number of nitrogens with zero attached hydrogens (tertiary/aromatic N) is 2. The number of ether oxygens (including phenoxy) is 1. The Balaban J connectivity index is 1.66. The van der Waals surface area contributed by atoms with Crippen molar-refractivity contribution in [3.63, 3.8) is 0 Å². The molecule has 0 radical (unpaired) electrons. The van der Waals surface area contributed by atoms with Gasteiger partial charge in [0, 0.05) is 24.9 Å². The van der Waals surface area contributed by atoms with E-state index in [-0.39, 0.29) is 18.2 Å². The van der Waals surface area contributed by atoms with E-state index in [1.54, 1.807) is 0 Å². The molecule has 1 aromatic rings. The Labute approximate surface area is 153 Å². The summed E-state index contributed by atoms with van der Waals surface area (Å²) >= 11 is 0. The normalized spacial score (nSPS) is 28.7. The van der Waals surface area contributed by atoms with Gasteiger partial charge in [-0.05, 0) is 51.9 Å². The number of aromatic nitrogens is 2. The van der Waals surface area contributed by atoms with E-state index in [0.717, 1.165) is 45.1 Å². The summed E-state index contributed by atoms with van der Waals surface area (Å²) in [5.41, 5.74) is 5.78. The van der Waals surface area contributed by atoms with E-state index in [1.807, 2.05) is 6.92 Å². The molecule has 2 aliphatic carbocycles. The molecule has 8 nitrogen and oxygen atoms in total. The number of carbonyl (C=O) groups excluding carboxylic acids is 1. The van der Waals surface area contributed by atoms with E-state index in [4.69, 9.17) is 10.5 Å². The van der Waals surface area contributed by atoms with Crippen LogP contribution in [-0.4, -0.2) is 51.9 Å². The predicted molar refractivity (Wildman–Crippen MR) is 99.1 cm³/mol. The molecule has 0 bridgehead atoms. The van der Waals surface area contributed by atoms with Gasteiger partial charge in [0.05, 0.1) is 17.8 Å². The van der Waals surface area contributed by atoms with Gasteiger partial charge in [0.1, 0.15) is 5.82 Å². The molecule has 2 aliphatic rings. The third kappa shape index (κ3) is 4.82. The Hall–Kier alpha value is -1.93. The number of rotatable bonds is 7. The number of hydrogen-bond acceptors (Lipinski definition) is 7. The Morgan fingerprint density at radius 1 is 1.23 bits per heavy atom. The van der Waals surface area contributed by atoms with Crippen LogP contribution in [0.15, 0.2) is 6.20 Å². The van der Waals surface area contributed by atoms with Crippen LogP contribution in [0.5, 0.6) is 0 Å². The van der Waals surface area contributed by atoms with E-state index >= 15 is 0 Å². The molecular formula is C18H29N5O3. The maximum absolute atomic E-state index is 11.7. The van der Waals surface area contributed by atoms with Crippen molar-refractivity contribution >= 4 is 17.7 Å². The third-order valence-electron chi connectivity index (χ3n) is 5.21. The van der Waals surface area contributed by atoms with Crippen LogP contribution in [0.4, 0.5) is 11.8 Å². The molecule has 0 saturated heterocycles. The zero-order chi connectivity index (χ0) is 18.5. The summed E-state index contributed by atoms with van der Waals surface area (Å²) in [5.74, 6) is 0.395. The molecule has 8 heteroatoms. The molecule has 0 aromatic carbocycles. The van der Waals surface area contributed by atoms with Gasteiger partial charge in [-0.2, -0.15) is 4.98 Å². The molecule has 144 valence electrons. The van der Waals surface area contributed by atoms with Crippen molar-refractivity contribution in [1.82, 2.24) is 9.97 Å². The van der Waals surface area contributed by atoms with Gasteiger partial charge in [0.15, 0.2) is 0 Å². The molecule has 2 atom stereocenters. The highest BCUT2D eigenvalue weighted by atomic mass is 16.5. The second kappa shape index (κ2) is 8.64. The highest BCUT2D eigenvalue weighted by Gasteiger charge is 2.25. The summed E-state index contributed by atoms with van der Waals surface area (Å²) in [6, 6.07) is 0.389. The fourth-order valence-electron chi connectivity index (χ4n) is 3.82. The topological polar surface area (TPSA) is 122 Å². The van der Waals surface area contributed by atoms with Gasteiger partial charge in [0.2, 0.25) is 5.95 Å². The first-order valence-electron chi connectivity index (χ1n) is 9.54. The lowest BCUT2D eigenvalue weighted by Gasteiger charge is -2.29. The van der Waals surface area contributed by atoms with E-state index in [1.165, 1.54) is 6.20 Å². The second-order valence-electron chi connectivity index (χ2n) is 7.20. The molecule has 2 saturated carbocycles. The van der Waals surface area contributed by atoms with Gasteiger partial charge in [-0.3, -0.25) is 4.79 Å². The zero-order valence-corrected chi connectivity index (χ0v) is 15.3. The molecule has 1 amide bonds. The molecule has 0 aliphatic heterocycles. The highest BCUT2D eigenvalue weighted by Crippen LogP contribution is 2.26. The van der Waals surface area contributed by atoms with Crippen molar-refractivity contribution in [2.24, 2.45) is 5.73 Å². The summed E-state index contributed by atoms with van der Waals surface area (Å²) in [4.78, 5) is 20.4. The van der Waals surface area contributed by atoms with Crippen molar-refractivity contribution < 1.29 is 14.6 Å². The summed E-state index contributed by atoms with van der Waals surface area (Å²) in [6.45, 7) is 2.76. The van der Waals surface area contributed by atoms with Gasteiger partial charge >= 0.3 is 0 Å². The molecule has 5 N–H and O–H groups in total. The Bertz CT molecular complexity index is 619. The summed E-state index contributed by atoms with van der Waals surface area (Å²) in [5, 5.41) is 16.3. The number of nitrogens with two attached hydrogens (primary N) is 1. The number of carbonyl (C=O) groups is 1. The quantitative estimate of drug-likeness (QED) is 0.581. The number of anilines is 2. The first kappa shape index (κ1) is 18.8. The summed E-state index contributed by atoms with van der Waals surface area (Å²) in [7, 11) is 0. The summed E-state index contributed by atoms with van der Waals surface area (Å²) < 4.78 is 5.69. The molecule has 2 fully saturated rings. The van der Waals surface area contributed by atoms with Crippen molar-refractivity contribution in [2.75, 3.05) is 17.2 Å². The highest BCUT2D eigenvalue weighted by molar-refractivity contribution is 5.97. The number of hydrogen-bond donors (Lipinski definition) is 4. The maximum Gasteiger partial charge on any atom is 0.254 e. The number of aliphatic hydroxyl groups is 1. The molecule has 26 heavy (non-hydrogen) atoms. The minimum absolute atomic E-state index is 0.152. The number of nitrogens with one attached hydrogen (secondary N) is 2. The van der Waals surface area contributed by atoms with Crippen LogP contribution in [0.2, 0.25) is 0 Å². The number of aliphatic hydroxyl groups excluding tert-OH is 1. The van der Waals surface area contributed by atoms with Crippen molar-refractivity contribution in [3.05, 3.63) is 11.8 Å². The molecular weight excluding hydrogens is 334 g/mol. The maximum atomic E-state index is 11.7. The fraction of sp³-hybridized carbons (Fsp3) is 0.722. The van der Waals surface area contributed by atoms with Crippen LogP contribution in [0.25, 0.3) is 0 Å². The number of amides is 1. The fourth-order valence-corrected chi connectivity index (χ4v) is 3.82. The van der Waals surface area contributed by atoms with Gasteiger partial charge < -0.3 is 26.2 Å². The molecule has 3 rings (SSSR count). The Morgan fingerprint density at radius 3 is 2.58 bits per heavy atom. The summed E-state index contributed by atoms with van der Waals surface area (Å²) in [6.07, 6.45) is 7.79. The van der Waals surface area contributed by atoms with Gasteiger partial charge in [-0.15, -0.1) is 0 Å². The van der Waals surface area contributed by atoms with E-state index < -0.39 is 5.91 Å². The van der Waals surface area contributed by atoms with Crippen LogP contribution in [0, 0.1) is 0 Å². The largest absolute Gasteiger partial charge is 0.393 e. The lowest BCUT2D eigenvalue weighted by molar-refractivity contribution is 0.0346. The molecule has 1 heterocycles. The van der Waals surface area contributed by atoms with Crippen molar-refractivity contribution in [3.8, 4) is 0 Å². The average molecular weight is 363 g/mol. The molecule has 1 aromatic heterocycles. The lowest BCUT2D eigenvalue weighted by Crippen LogP contribution is -2.31. The van der Waals surface area contributed by atoms with Crippen LogP contribution in [-0.2, 0) is 4.74 Å². The smallest absolute Gasteiger partial charge is 0.254 e. The molecule has 0 spiro atoms. The monoisotopic (exact) mass is 363 g/mol. The van der Waals surface area contributed by atoms with E-state index in [2.05, 4.69) is 20.6 Å². The van der Waals surface area contributed by atoms with Gasteiger partial charge in [0.25, 0.3) is 5.91 Å². The Morgan fingerprint density at radius 2 is 1.96 bits per heavy atom. The van der Waals surface area contributed by atoms with Crippen LogP contribution < -0.4 is 16.4 Å². The van der Waals surface area contributed by atoms with Crippen LogP contribution in [0.3, 0.4) is 0 Å². The van der Waals surface area contributed by atoms with Crippen molar-refractivity contribution in [1.29, 1.82) is 0 Å². The predicted octanol–water partition coefficient (Wildman–Crippen LogP) is 1.66. The SMILES string of the molecule is CCOC1CCC(Nc2nc(N[C@H]3CC[C@H](O)C3)ncc2C(N)=O)CC1. The third-order valence-corrected chi connectivity index (χ3v) is 5.21. The number of primary amides is 1. The average Bonchev–Trinajstić information content (AvgIpc) is 3.02.